The lowest BCUT2D eigenvalue weighted by atomic mass is 10.2. The van der Waals surface area contributed by atoms with E-state index >= 15 is 0 Å². The number of halogens is 1. The van der Waals surface area contributed by atoms with Gasteiger partial charge in [-0.2, -0.15) is 0 Å². The van der Waals surface area contributed by atoms with Crippen molar-refractivity contribution in [1.29, 1.82) is 0 Å². The molecule has 0 aliphatic rings. The van der Waals surface area contributed by atoms with Crippen molar-refractivity contribution in [2.75, 3.05) is 0 Å². The number of benzene rings is 1. The van der Waals surface area contributed by atoms with Crippen molar-refractivity contribution in [3.8, 4) is 0 Å². The van der Waals surface area contributed by atoms with Crippen LogP contribution >= 0.6 is 0 Å². The lowest BCUT2D eigenvalue weighted by Gasteiger charge is -2.08. The van der Waals surface area contributed by atoms with Crippen LogP contribution in [0.4, 0.5) is 4.39 Å². The number of hydrogen-bond donors (Lipinski definition) is 1. The Morgan fingerprint density at radius 3 is 2.69 bits per heavy atom. The highest BCUT2D eigenvalue weighted by Gasteiger charge is 2.12. The Balaban J connectivity index is 3.15. The molecular weight excluding hydrogens is 213 g/mol. The zero-order chi connectivity index (χ0) is 11.9. The maximum Gasteiger partial charge on any atom is 0.332 e. The topological polar surface area (TPSA) is 70.0 Å². The van der Waals surface area contributed by atoms with Gasteiger partial charge in [0.05, 0.1) is 17.6 Å². The van der Waals surface area contributed by atoms with Gasteiger partial charge in [-0.3, -0.25) is 9.36 Å². The number of aryl methyl sites for hydroxylation is 1. The minimum Gasteiger partial charge on any atom is -0.313 e. The third kappa shape index (κ3) is 1.27. The highest BCUT2D eigenvalue weighted by Crippen LogP contribution is 2.11. The Hall–Kier alpha value is -1.95. The van der Waals surface area contributed by atoms with Gasteiger partial charge < -0.3 is 5.73 Å². The molecule has 0 bridgehead atoms. The van der Waals surface area contributed by atoms with Crippen LogP contribution in [0.2, 0.25) is 0 Å². The maximum absolute atomic E-state index is 13.5. The van der Waals surface area contributed by atoms with Crippen LogP contribution in [0.3, 0.4) is 0 Å². The summed E-state index contributed by atoms with van der Waals surface area (Å²) >= 11 is 0. The van der Waals surface area contributed by atoms with Gasteiger partial charge in [0.15, 0.2) is 0 Å². The van der Waals surface area contributed by atoms with E-state index < -0.39 is 17.1 Å². The fourth-order valence-electron chi connectivity index (χ4n) is 1.70. The van der Waals surface area contributed by atoms with Gasteiger partial charge in [-0.25, -0.2) is 13.8 Å². The Morgan fingerprint density at radius 2 is 2.06 bits per heavy atom. The first kappa shape index (κ1) is 10.6. The van der Waals surface area contributed by atoms with E-state index in [4.69, 9.17) is 5.73 Å². The van der Waals surface area contributed by atoms with Crippen LogP contribution in [0.1, 0.15) is 0 Å². The molecule has 0 aliphatic carbocycles. The molecule has 1 aromatic carbocycles. The zero-order valence-electron chi connectivity index (χ0n) is 8.61. The minimum atomic E-state index is -0.620. The number of nitrogens with two attached hydrogens (primary N) is 1. The molecule has 16 heavy (non-hydrogen) atoms. The van der Waals surface area contributed by atoms with Crippen molar-refractivity contribution < 1.29 is 4.39 Å². The Bertz CT molecular complexity index is 672. The van der Waals surface area contributed by atoms with Crippen LogP contribution in [0.5, 0.6) is 0 Å². The second kappa shape index (κ2) is 3.57. The highest BCUT2D eigenvalue weighted by molar-refractivity contribution is 5.78. The van der Waals surface area contributed by atoms with Gasteiger partial charge in [-0.15, -0.1) is 0 Å². The molecule has 0 radical (unpaired) electrons. The molecule has 0 spiro atoms. The van der Waals surface area contributed by atoms with E-state index in [9.17, 15) is 14.0 Å². The molecule has 1 aromatic heterocycles. The average molecular weight is 223 g/mol. The summed E-state index contributed by atoms with van der Waals surface area (Å²) in [5.74, 6) is -0.599. The minimum absolute atomic E-state index is 0.00204. The second-order valence-electron chi connectivity index (χ2n) is 3.39. The number of hydrogen-bond acceptors (Lipinski definition) is 3. The van der Waals surface area contributed by atoms with E-state index in [1.807, 2.05) is 0 Å². The lowest BCUT2D eigenvalue weighted by molar-refractivity contribution is 0.598. The van der Waals surface area contributed by atoms with Gasteiger partial charge in [-0.05, 0) is 12.1 Å². The summed E-state index contributed by atoms with van der Waals surface area (Å²) in [4.78, 5) is 23.5. The summed E-state index contributed by atoms with van der Waals surface area (Å²) in [5, 5.41) is 0.146. The van der Waals surface area contributed by atoms with Crippen LogP contribution in [-0.2, 0) is 13.7 Å². The van der Waals surface area contributed by atoms with E-state index in [-0.39, 0.29) is 17.6 Å². The molecule has 0 saturated carbocycles. The van der Waals surface area contributed by atoms with E-state index in [1.165, 1.54) is 25.2 Å². The van der Waals surface area contributed by atoms with Crippen molar-refractivity contribution in [3.05, 3.63) is 44.9 Å². The molecule has 0 aliphatic heterocycles. The molecule has 0 saturated heterocycles. The predicted molar refractivity (Wildman–Crippen MR) is 57.6 cm³/mol. The van der Waals surface area contributed by atoms with Gasteiger partial charge in [0.2, 0.25) is 0 Å². The quantitative estimate of drug-likeness (QED) is 0.725. The molecule has 84 valence electrons. The first-order chi connectivity index (χ1) is 7.57. The third-order valence-corrected chi connectivity index (χ3v) is 2.50. The van der Waals surface area contributed by atoms with Crippen LogP contribution in [-0.4, -0.2) is 9.13 Å². The monoisotopic (exact) mass is 223 g/mol. The van der Waals surface area contributed by atoms with Crippen LogP contribution in [0, 0.1) is 5.82 Å². The summed E-state index contributed by atoms with van der Waals surface area (Å²) in [6.45, 7) is -0.224. The Kier molecular flexibility index (Phi) is 2.35. The Labute approximate surface area is 89.5 Å². The van der Waals surface area contributed by atoms with Crippen molar-refractivity contribution >= 4 is 10.9 Å². The lowest BCUT2D eigenvalue weighted by Crippen LogP contribution is -2.41. The van der Waals surface area contributed by atoms with Crippen molar-refractivity contribution in [2.24, 2.45) is 12.8 Å². The fourth-order valence-corrected chi connectivity index (χ4v) is 1.70. The van der Waals surface area contributed by atoms with E-state index in [0.717, 1.165) is 9.13 Å². The normalized spacial score (nSPS) is 10.9. The number of rotatable bonds is 1. The van der Waals surface area contributed by atoms with Gasteiger partial charge in [0, 0.05) is 7.05 Å². The smallest absolute Gasteiger partial charge is 0.313 e. The maximum atomic E-state index is 13.5. The van der Waals surface area contributed by atoms with Gasteiger partial charge in [0.25, 0.3) is 5.56 Å². The largest absolute Gasteiger partial charge is 0.332 e. The van der Waals surface area contributed by atoms with Crippen LogP contribution < -0.4 is 17.0 Å². The van der Waals surface area contributed by atoms with Crippen molar-refractivity contribution in [3.63, 3.8) is 0 Å². The molecule has 0 unspecified atom stereocenters. The summed E-state index contributed by atoms with van der Waals surface area (Å²) in [6.07, 6.45) is 0. The predicted octanol–water partition coefficient (Wildman–Crippen LogP) is -0.244. The molecule has 2 rings (SSSR count). The molecule has 5 nitrogen and oxygen atoms in total. The standard InChI is InChI=1S/C10H10FN3O2/c1-13-8-6(3-2-4-7(8)11)9(15)14(5-12)10(13)16/h2-4H,5,12H2,1H3. The third-order valence-electron chi connectivity index (χ3n) is 2.50. The summed E-state index contributed by atoms with van der Waals surface area (Å²) in [7, 11) is 1.40. The molecule has 2 N–H and O–H groups in total. The van der Waals surface area contributed by atoms with Gasteiger partial charge in [-0.1, -0.05) is 6.07 Å². The first-order valence-electron chi connectivity index (χ1n) is 4.66. The number of aromatic nitrogens is 2. The number of fused-ring (bicyclic) bond motifs is 1. The average Bonchev–Trinajstić information content (AvgIpc) is 2.27. The summed E-state index contributed by atoms with van der Waals surface area (Å²) in [6, 6.07) is 4.09. The summed E-state index contributed by atoms with van der Waals surface area (Å²) < 4.78 is 15.4. The SMILES string of the molecule is Cn1c(=O)n(CN)c(=O)c2cccc(F)c21. The van der Waals surface area contributed by atoms with Crippen LogP contribution in [0.15, 0.2) is 27.8 Å². The molecule has 0 atom stereocenters. The molecule has 1 heterocycles. The molecule has 2 aromatic rings. The fraction of sp³-hybridized carbons (Fsp3) is 0.200. The number of para-hydroxylation sites is 1. The number of nitrogens with zero attached hydrogens (tertiary/aromatic N) is 2. The molecular formula is C10H10FN3O2. The van der Waals surface area contributed by atoms with Gasteiger partial charge in [0.1, 0.15) is 5.82 Å². The highest BCUT2D eigenvalue weighted by atomic mass is 19.1. The van der Waals surface area contributed by atoms with Crippen LogP contribution in [0.25, 0.3) is 10.9 Å². The molecule has 0 fully saturated rings. The Morgan fingerprint density at radius 1 is 1.38 bits per heavy atom. The van der Waals surface area contributed by atoms with E-state index in [1.54, 1.807) is 0 Å². The van der Waals surface area contributed by atoms with Gasteiger partial charge >= 0.3 is 5.69 Å². The second-order valence-corrected chi connectivity index (χ2v) is 3.39. The summed E-state index contributed by atoms with van der Waals surface area (Å²) in [5.41, 5.74) is 4.12. The molecule has 0 amide bonds. The van der Waals surface area contributed by atoms with E-state index in [0.29, 0.717) is 0 Å². The first-order valence-corrected chi connectivity index (χ1v) is 4.66. The van der Waals surface area contributed by atoms with Crippen molar-refractivity contribution in [1.82, 2.24) is 9.13 Å². The molecule has 6 heteroatoms. The van der Waals surface area contributed by atoms with E-state index in [2.05, 4.69) is 0 Å². The zero-order valence-corrected chi connectivity index (χ0v) is 8.61. The van der Waals surface area contributed by atoms with Crippen molar-refractivity contribution in [2.45, 2.75) is 6.67 Å².